The molecule has 5 heteroatoms. The summed E-state index contributed by atoms with van der Waals surface area (Å²) in [6.07, 6.45) is 0.400. The molecule has 1 atom stereocenters. The second kappa shape index (κ2) is 6.98. The molecule has 0 heterocycles. The number of phenols is 1. The second-order valence-electron chi connectivity index (χ2n) is 4.65. The van der Waals surface area contributed by atoms with Crippen molar-refractivity contribution in [2.75, 3.05) is 6.61 Å². The molecule has 0 fully saturated rings. The largest absolute Gasteiger partial charge is 0.508 e. The van der Waals surface area contributed by atoms with Crippen molar-refractivity contribution in [1.29, 1.82) is 0 Å². The van der Waals surface area contributed by atoms with Crippen LogP contribution in [0.15, 0.2) is 24.3 Å². The van der Waals surface area contributed by atoms with Gasteiger partial charge in [0, 0.05) is 0 Å². The molecule has 0 aliphatic heterocycles. The summed E-state index contributed by atoms with van der Waals surface area (Å²) >= 11 is 0. The van der Waals surface area contributed by atoms with Crippen molar-refractivity contribution in [3.8, 4) is 5.75 Å². The number of benzene rings is 1. The van der Waals surface area contributed by atoms with E-state index in [0.717, 1.165) is 5.56 Å². The van der Waals surface area contributed by atoms with Crippen LogP contribution in [0.5, 0.6) is 5.75 Å². The van der Waals surface area contributed by atoms with Crippen LogP contribution < -0.4 is 11.2 Å². The molecule has 0 saturated carbocycles. The van der Waals surface area contributed by atoms with Gasteiger partial charge in [-0.25, -0.2) is 5.48 Å². The Morgan fingerprint density at radius 1 is 1.39 bits per heavy atom. The minimum absolute atomic E-state index is 0.192. The number of carbonyl (C=O) groups is 1. The predicted molar refractivity (Wildman–Crippen MR) is 68.7 cm³/mol. The molecule has 0 bridgehead atoms. The lowest BCUT2D eigenvalue weighted by Gasteiger charge is -2.13. The maximum atomic E-state index is 11.6. The number of hydrogen-bond donors (Lipinski definition) is 3. The van der Waals surface area contributed by atoms with E-state index < -0.39 is 6.04 Å². The average Bonchev–Trinajstić information content (AvgIpc) is 2.31. The number of aromatic hydroxyl groups is 1. The van der Waals surface area contributed by atoms with E-state index in [4.69, 9.17) is 15.7 Å². The average molecular weight is 252 g/mol. The molecule has 4 N–H and O–H groups in total. The van der Waals surface area contributed by atoms with Crippen LogP contribution in [0.3, 0.4) is 0 Å². The van der Waals surface area contributed by atoms with E-state index in [2.05, 4.69) is 5.48 Å². The van der Waals surface area contributed by atoms with Gasteiger partial charge in [-0.1, -0.05) is 26.0 Å². The molecule has 18 heavy (non-hydrogen) atoms. The highest BCUT2D eigenvalue weighted by Crippen LogP contribution is 2.10. The van der Waals surface area contributed by atoms with Crippen molar-refractivity contribution in [2.45, 2.75) is 26.3 Å². The van der Waals surface area contributed by atoms with Crippen molar-refractivity contribution in [2.24, 2.45) is 11.7 Å². The highest BCUT2D eigenvalue weighted by molar-refractivity contribution is 5.80. The third-order valence-corrected chi connectivity index (χ3v) is 2.32. The number of carbonyl (C=O) groups excluding carboxylic acids is 1. The van der Waals surface area contributed by atoms with Gasteiger partial charge in [0.1, 0.15) is 5.75 Å². The Labute approximate surface area is 107 Å². The Balaban J connectivity index is 2.37. The van der Waals surface area contributed by atoms with Crippen molar-refractivity contribution in [3.63, 3.8) is 0 Å². The van der Waals surface area contributed by atoms with Crippen LogP contribution in [0, 0.1) is 5.92 Å². The van der Waals surface area contributed by atoms with Crippen LogP contribution in [0.1, 0.15) is 19.4 Å². The van der Waals surface area contributed by atoms with Gasteiger partial charge in [-0.3, -0.25) is 9.63 Å². The van der Waals surface area contributed by atoms with Gasteiger partial charge >= 0.3 is 0 Å². The molecule has 0 aliphatic carbocycles. The van der Waals surface area contributed by atoms with Crippen molar-refractivity contribution < 1.29 is 14.7 Å². The molecule has 0 unspecified atom stereocenters. The topological polar surface area (TPSA) is 84.6 Å². The lowest BCUT2D eigenvalue weighted by molar-refractivity contribution is -0.135. The summed E-state index contributed by atoms with van der Waals surface area (Å²) in [5.41, 5.74) is 8.97. The standard InChI is InChI=1S/C13H20N2O3/c1-9(2)8-18-15-13(17)12(14)7-10-3-5-11(16)6-4-10/h3-6,9,12,16H,7-8,14H2,1-2H3,(H,15,17)/t12-/m0/s1. The molecule has 0 aromatic heterocycles. The van der Waals surface area contributed by atoms with Crippen LogP contribution in [0.2, 0.25) is 0 Å². The number of nitrogens with two attached hydrogens (primary N) is 1. The fourth-order valence-electron chi connectivity index (χ4n) is 1.33. The normalized spacial score (nSPS) is 12.4. The van der Waals surface area contributed by atoms with E-state index in [9.17, 15) is 4.79 Å². The molecule has 1 aromatic carbocycles. The van der Waals surface area contributed by atoms with Crippen molar-refractivity contribution in [1.82, 2.24) is 5.48 Å². The monoisotopic (exact) mass is 252 g/mol. The number of rotatable bonds is 6. The molecule has 1 aromatic rings. The van der Waals surface area contributed by atoms with Crippen LogP contribution in [0.25, 0.3) is 0 Å². The quantitative estimate of drug-likeness (QED) is 0.658. The lowest BCUT2D eigenvalue weighted by atomic mass is 10.1. The first-order valence-electron chi connectivity index (χ1n) is 5.94. The maximum Gasteiger partial charge on any atom is 0.260 e. The first-order chi connectivity index (χ1) is 8.49. The van der Waals surface area contributed by atoms with Crippen LogP contribution in [-0.2, 0) is 16.1 Å². The SMILES string of the molecule is CC(C)CONC(=O)[C@@H](N)Cc1ccc(O)cc1. The van der Waals surface area contributed by atoms with Gasteiger partial charge in [0.05, 0.1) is 12.6 Å². The van der Waals surface area contributed by atoms with Gasteiger partial charge in [0.2, 0.25) is 0 Å². The fraction of sp³-hybridized carbons (Fsp3) is 0.462. The number of hydroxylamine groups is 1. The number of hydrogen-bond acceptors (Lipinski definition) is 4. The van der Waals surface area contributed by atoms with Crippen LogP contribution in [-0.4, -0.2) is 23.7 Å². The highest BCUT2D eigenvalue weighted by atomic mass is 16.7. The van der Waals surface area contributed by atoms with E-state index in [1.807, 2.05) is 13.8 Å². The van der Waals surface area contributed by atoms with Gasteiger partial charge < -0.3 is 10.8 Å². The summed E-state index contributed by atoms with van der Waals surface area (Å²) in [6, 6.07) is 5.93. The van der Waals surface area contributed by atoms with Crippen molar-refractivity contribution in [3.05, 3.63) is 29.8 Å². The molecule has 0 saturated heterocycles. The van der Waals surface area contributed by atoms with Gasteiger partial charge in [-0.05, 0) is 30.0 Å². The Morgan fingerprint density at radius 2 is 2.00 bits per heavy atom. The van der Waals surface area contributed by atoms with Crippen LogP contribution in [0.4, 0.5) is 0 Å². The smallest absolute Gasteiger partial charge is 0.260 e. The Morgan fingerprint density at radius 3 is 2.56 bits per heavy atom. The number of nitrogens with one attached hydrogen (secondary N) is 1. The molecule has 0 spiro atoms. The molecular formula is C13H20N2O3. The minimum Gasteiger partial charge on any atom is -0.508 e. The first kappa shape index (κ1) is 14.5. The van der Waals surface area contributed by atoms with Crippen molar-refractivity contribution >= 4 is 5.91 Å². The summed E-state index contributed by atoms with van der Waals surface area (Å²) < 4.78 is 0. The zero-order valence-corrected chi connectivity index (χ0v) is 10.7. The van der Waals surface area contributed by atoms with Gasteiger partial charge in [-0.15, -0.1) is 0 Å². The third-order valence-electron chi connectivity index (χ3n) is 2.32. The lowest BCUT2D eigenvalue weighted by Crippen LogP contribution is -2.42. The number of amides is 1. The molecule has 100 valence electrons. The molecule has 0 radical (unpaired) electrons. The van der Waals surface area contributed by atoms with Crippen LogP contribution >= 0.6 is 0 Å². The second-order valence-corrected chi connectivity index (χ2v) is 4.65. The van der Waals surface area contributed by atoms with Gasteiger partial charge in [0.25, 0.3) is 5.91 Å². The van der Waals surface area contributed by atoms with E-state index in [-0.39, 0.29) is 11.7 Å². The van der Waals surface area contributed by atoms with Gasteiger partial charge in [0.15, 0.2) is 0 Å². The summed E-state index contributed by atoms with van der Waals surface area (Å²) in [4.78, 5) is 16.6. The first-order valence-corrected chi connectivity index (χ1v) is 5.94. The summed E-state index contributed by atoms with van der Waals surface area (Å²) in [5.74, 6) is 0.194. The molecule has 1 amide bonds. The molecule has 1 rings (SSSR count). The zero-order chi connectivity index (χ0) is 13.5. The Bertz CT molecular complexity index is 376. The predicted octanol–water partition coefficient (Wildman–Crippen LogP) is 0.966. The van der Waals surface area contributed by atoms with E-state index in [1.165, 1.54) is 0 Å². The number of phenolic OH excluding ortho intramolecular Hbond substituents is 1. The molecule has 0 aliphatic rings. The molecule has 5 nitrogen and oxygen atoms in total. The molecular weight excluding hydrogens is 232 g/mol. The minimum atomic E-state index is -0.665. The summed E-state index contributed by atoms with van der Waals surface area (Å²) in [5, 5.41) is 9.14. The highest BCUT2D eigenvalue weighted by Gasteiger charge is 2.14. The summed E-state index contributed by atoms with van der Waals surface area (Å²) in [6.45, 7) is 4.43. The van der Waals surface area contributed by atoms with E-state index in [0.29, 0.717) is 18.9 Å². The zero-order valence-electron chi connectivity index (χ0n) is 10.7. The maximum absolute atomic E-state index is 11.6. The summed E-state index contributed by atoms with van der Waals surface area (Å²) in [7, 11) is 0. The Hall–Kier alpha value is -1.59. The van der Waals surface area contributed by atoms with Gasteiger partial charge in [-0.2, -0.15) is 0 Å². The third kappa shape index (κ3) is 5.16. The van der Waals surface area contributed by atoms with E-state index >= 15 is 0 Å². The Kier molecular flexibility index (Phi) is 5.61. The fourth-order valence-corrected chi connectivity index (χ4v) is 1.33. The van der Waals surface area contributed by atoms with E-state index in [1.54, 1.807) is 24.3 Å².